The van der Waals surface area contributed by atoms with E-state index in [0.717, 1.165) is 6.42 Å². The third-order valence-corrected chi connectivity index (χ3v) is 5.35. The van der Waals surface area contributed by atoms with Crippen LogP contribution in [0.4, 0.5) is 22.0 Å². The topological polar surface area (TPSA) is 50.4 Å². The molecule has 0 spiro atoms. The van der Waals surface area contributed by atoms with Crippen LogP contribution in [-0.4, -0.2) is 31.2 Å². The zero-order valence-corrected chi connectivity index (χ0v) is 13.6. The fraction of sp³-hybridized carbons (Fsp3) is 0.588. The molecule has 1 aromatic rings. The zero-order valence-electron chi connectivity index (χ0n) is 13.6. The SMILES string of the molecule is O=C(NC(c1cc(F)c(C(F)(F)F)cc1F)C1COC1)[C@H]1C[C@H]2C[C@H]2N1. The molecule has 4 rings (SSSR count). The van der Waals surface area contributed by atoms with E-state index in [0.29, 0.717) is 24.4 Å². The van der Waals surface area contributed by atoms with Gasteiger partial charge in [-0.3, -0.25) is 4.79 Å². The van der Waals surface area contributed by atoms with Gasteiger partial charge in [0.25, 0.3) is 0 Å². The summed E-state index contributed by atoms with van der Waals surface area (Å²) < 4.78 is 71.6. The van der Waals surface area contributed by atoms with Crippen molar-refractivity contribution in [3.05, 3.63) is 34.9 Å². The molecule has 2 aliphatic heterocycles. The lowest BCUT2D eigenvalue weighted by molar-refractivity contribution is -0.140. The maximum Gasteiger partial charge on any atom is 0.419 e. The van der Waals surface area contributed by atoms with Crippen LogP contribution in [-0.2, 0) is 15.7 Å². The van der Waals surface area contributed by atoms with Crippen LogP contribution in [0, 0.1) is 23.5 Å². The van der Waals surface area contributed by atoms with Crippen LogP contribution in [0.15, 0.2) is 12.1 Å². The summed E-state index contributed by atoms with van der Waals surface area (Å²) in [6, 6.07) is -0.347. The molecule has 0 bridgehead atoms. The van der Waals surface area contributed by atoms with E-state index in [1.807, 2.05) is 0 Å². The lowest BCUT2D eigenvalue weighted by Crippen LogP contribution is -2.48. The number of carbonyl (C=O) groups is 1. The Morgan fingerprint density at radius 2 is 1.92 bits per heavy atom. The highest BCUT2D eigenvalue weighted by Crippen LogP contribution is 2.41. The summed E-state index contributed by atoms with van der Waals surface area (Å²) in [5, 5.41) is 5.83. The van der Waals surface area contributed by atoms with Gasteiger partial charge in [0, 0.05) is 17.5 Å². The third kappa shape index (κ3) is 3.18. The Morgan fingerprint density at radius 1 is 1.19 bits per heavy atom. The number of carbonyl (C=O) groups excluding carboxylic acids is 1. The fourth-order valence-corrected chi connectivity index (χ4v) is 3.69. The highest BCUT2D eigenvalue weighted by molar-refractivity contribution is 5.83. The lowest BCUT2D eigenvalue weighted by atomic mass is 9.90. The van der Waals surface area contributed by atoms with E-state index in [1.54, 1.807) is 0 Å². The first-order valence-electron chi connectivity index (χ1n) is 8.44. The van der Waals surface area contributed by atoms with Crippen LogP contribution in [0.2, 0.25) is 0 Å². The van der Waals surface area contributed by atoms with Gasteiger partial charge in [-0.15, -0.1) is 0 Å². The van der Waals surface area contributed by atoms with E-state index in [2.05, 4.69) is 10.6 Å². The second-order valence-electron chi connectivity index (χ2n) is 7.19. The van der Waals surface area contributed by atoms with E-state index in [4.69, 9.17) is 4.74 Å². The number of ether oxygens (including phenoxy) is 1. The standard InChI is InChI=1S/C17H17F5N2O2/c18-11-4-10(17(20,21)22)12(19)3-9(11)15(8-5-26-6-8)24-16(25)14-2-7-1-13(7)23-14/h3-4,7-8,13-15,23H,1-2,5-6H2,(H,24,25)/t7-,13-,14-,15?/m1/s1. The molecule has 1 aliphatic carbocycles. The minimum absolute atomic E-state index is 0.145. The number of hydrogen-bond donors (Lipinski definition) is 2. The van der Waals surface area contributed by atoms with Gasteiger partial charge in [-0.2, -0.15) is 13.2 Å². The minimum Gasteiger partial charge on any atom is -0.381 e. The maximum atomic E-state index is 14.4. The van der Waals surface area contributed by atoms with Crippen molar-refractivity contribution in [3.8, 4) is 0 Å². The smallest absolute Gasteiger partial charge is 0.381 e. The van der Waals surface area contributed by atoms with Crippen molar-refractivity contribution in [1.82, 2.24) is 10.6 Å². The van der Waals surface area contributed by atoms with E-state index < -0.39 is 35.5 Å². The van der Waals surface area contributed by atoms with Crippen LogP contribution in [0.25, 0.3) is 0 Å². The van der Waals surface area contributed by atoms with Gasteiger partial charge in [-0.25, -0.2) is 8.78 Å². The number of nitrogens with one attached hydrogen (secondary N) is 2. The van der Waals surface area contributed by atoms with Gasteiger partial charge in [0.15, 0.2) is 0 Å². The second kappa shape index (κ2) is 6.16. The van der Waals surface area contributed by atoms with Crippen LogP contribution >= 0.6 is 0 Å². The van der Waals surface area contributed by atoms with E-state index in [9.17, 15) is 26.7 Å². The molecule has 0 radical (unpaired) electrons. The molecule has 1 unspecified atom stereocenters. The summed E-state index contributed by atoms with van der Waals surface area (Å²) in [5.74, 6) is -2.96. The minimum atomic E-state index is -4.99. The Hall–Kier alpha value is -1.74. The summed E-state index contributed by atoms with van der Waals surface area (Å²) >= 11 is 0. The third-order valence-electron chi connectivity index (χ3n) is 5.35. The fourth-order valence-electron chi connectivity index (χ4n) is 3.69. The molecule has 2 N–H and O–H groups in total. The average molecular weight is 376 g/mol. The summed E-state index contributed by atoms with van der Waals surface area (Å²) in [7, 11) is 0. The van der Waals surface area contributed by atoms with Crippen molar-refractivity contribution in [2.24, 2.45) is 11.8 Å². The number of benzene rings is 1. The first-order chi connectivity index (χ1) is 12.2. The molecule has 9 heteroatoms. The van der Waals surface area contributed by atoms with Gasteiger partial charge in [0.2, 0.25) is 5.91 Å². The summed E-state index contributed by atoms with van der Waals surface area (Å²) in [4.78, 5) is 12.5. The molecule has 1 saturated carbocycles. The van der Waals surface area contributed by atoms with Crippen molar-refractivity contribution in [1.29, 1.82) is 0 Å². The molecule has 1 amide bonds. The van der Waals surface area contributed by atoms with E-state index >= 15 is 0 Å². The van der Waals surface area contributed by atoms with Gasteiger partial charge in [-0.05, 0) is 30.9 Å². The molecule has 2 heterocycles. The van der Waals surface area contributed by atoms with Gasteiger partial charge in [-0.1, -0.05) is 0 Å². The molecule has 0 aromatic heterocycles. The Morgan fingerprint density at radius 3 is 2.46 bits per heavy atom. The second-order valence-corrected chi connectivity index (χ2v) is 7.19. The van der Waals surface area contributed by atoms with Crippen molar-refractivity contribution in [2.45, 2.75) is 37.1 Å². The van der Waals surface area contributed by atoms with Crippen molar-refractivity contribution in [3.63, 3.8) is 0 Å². The lowest BCUT2D eigenvalue weighted by Gasteiger charge is -2.35. The molecular weight excluding hydrogens is 359 g/mol. The van der Waals surface area contributed by atoms with Gasteiger partial charge in [0.05, 0.1) is 30.9 Å². The number of amides is 1. The van der Waals surface area contributed by atoms with Crippen LogP contribution < -0.4 is 10.6 Å². The van der Waals surface area contributed by atoms with Crippen LogP contribution in [0.3, 0.4) is 0 Å². The molecule has 3 aliphatic rings. The predicted octanol–water partition coefficient (Wildman–Crippen LogP) is 2.54. The van der Waals surface area contributed by atoms with Crippen LogP contribution in [0.5, 0.6) is 0 Å². The molecule has 4 atom stereocenters. The van der Waals surface area contributed by atoms with Crippen LogP contribution in [0.1, 0.15) is 30.0 Å². The number of rotatable bonds is 4. The molecule has 4 nitrogen and oxygen atoms in total. The highest BCUT2D eigenvalue weighted by Gasteiger charge is 2.48. The van der Waals surface area contributed by atoms with E-state index in [1.165, 1.54) is 0 Å². The zero-order chi connectivity index (χ0) is 18.6. The summed E-state index contributed by atoms with van der Waals surface area (Å²) in [6.07, 6.45) is -3.28. The first-order valence-corrected chi connectivity index (χ1v) is 8.44. The van der Waals surface area contributed by atoms with Gasteiger partial charge in [0.1, 0.15) is 11.6 Å². The molecule has 1 aromatic carbocycles. The Labute approximate surface area is 146 Å². The Kier molecular flexibility index (Phi) is 4.18. The molecule has 26 heavy (non-hydrogen) atoms. The van der Waals surface area contributed by atoms with Crippen molar-refractivity contribution < 1.29 is 31.5 Å². The number of fused-ring (bicyclic) bond motifs is 1. The normalized spacial score (nSPS) is 29.0. The predicted molar refractivity (Wildman–Crippen MR) is 80.0 cm³/mol. The monoisotopic (exact) mass is 376 g/mol. The first kappa shape index (κ1) is 17.7. The number of piperidine rings is 1. The molecule has 2 saturated heterocycles. The molecule has 3 fully saturated rings. The summed E-state index contributed by atoms with van der Waals surface area (Å²) in [6.45, 7) is 0.437. The molecule has 142 valence electrons. The molecular formula is C17H17F5N2O2. The van der Waals surface area contributed by atoms with Gasteiger partial charge < -0.3 is 15.4 Å². The van der Waals surface area contributed by atoms with Gasteiger partial charge >= 0.3 is 6.18 Å². The number of halogens is 5. The van der Waals surface area contributed by atoms with Crippen molar-refractivity contribution >= 4 is 5.91 Å². The number of alkyl halides is 3. The number of hydrogen-bond acceptors (Lipinski definition) is 3. The Bertz CT molecular complexity index is 725. The van der Waals surface area contributed by atoms with Crippen molar-refractivity contribution in [2.75, 3.05) is 13.2 Å². The Balaban J connectivity index is 1.58. The quantitative estimate of drug-likeness (QED) is 0.795. The highest BCUT2D eigenvalue weighted by atomic mass is 19.4. The average Bonchev–Trinajstić information content (AvgIpc) is 3.11. The van der Waals surface area contributed by atoms with E-state index in [-0.39, 0.29) is 36.7 Å². The summed E-state index contributed by atoms with van der Waals surface area (Å²) in [5.41, 5.74) is -1.95. The maximum absolute atomic E-state index is 14.4. The largest absolute Gasteiger partial charge is 0.419 e.